The number of nitrogens with one attached hydrogen (secondary N) is 1. The van der Waals surface area contributed by atoms with Crippen LogP contribution in [0.15, 0.2) is 18.2 Å². The minimum absolute atomic E-state index is 0.0702. The fraction of sp³-hybridized carbons (Fsp3) is 0.579. The Hall–Kier alpha value is -2.64. The normalized spacial score (nSPS) is 24.2. The van der Waals surface area contributed by atoms with Crippen molar-refractivity contribution in [3.63, 3.8) is 0 Å². The highest BCUT2D eigenvalue weighted by Gasteiger charge is 2.42. The summed E-state index contributed by atoms with van der Waals surface area (Å²) in [6, 6.07) is 4.86. The van der Waals surface area contributed by atoms with E-state index in [0.29, 0.717) is 23.6 Å². The molecule has 2 fully saturated rings. The highest BCUT2D eigenvalue weighted by molar-refractivity contribution is 5.97. The van der Waals surface area contributed by atoms with Crippen molar-refractivity contribution in [2.75, 3.05) is 25.1 Å². The molecule has 0 bridgehead atoms. The van der Waals surface area contributed by atoms with E-state index >= 15 is 0 Å². The fourth-order valence-electron chi connectivity index (χ4n) is 4.43. The van der Waals surface area contributed by atoms with E-state index in [-0.39, 0.29) is 17.8 Å². The zero-order valence-electron chi connectivity index (χ0n) is 15.6. The summed E-state index contributed by atoms with van der Waals surface area (Å²) in [4.78, 5) is 36.8. The van der Waals surface area contributed by atoms with Crippen LogP contribution in [-0.2, 0) is 9.53 Å². The van der Waals surface area contributed by atoms with E-state index in [0.717, 1.165) is 19.4 Å². The predicted octanol–water partition coefficient (Wildman–Crippen LogP) is 2.51. The number of benzene rings is 1. The second kappa shape index (κ2) is 7.94. The van der Waals surface area contributed by atoms with Gasteiger partial charge in [0.25, 0.3) is 11.6 Å². The first-order valence-corrected chi connectivity index (χ1v) is 9.32. The van der Waals surface area contributed by atoms with Crippen LogP contribution in [0.1, 0.15) is 43.0 Å². The van der Waals surface area contributed by atoms with Crippen LogP contribution in [0.3, 0.4) is 0 Å². The standard InChI is InChI=1S/C19H25N3O5/c1-12-11-21(15-6-4-3-5-14(12)15)16-8-7-13(9-17(16)22(25)26)19(24)20-10-18(23)27-2/h7-9,12,14-15H,3-6,10-11H2,1-2H3,(H,20,24). The van der Waals surface area contributed by atoms with Gasteiger partial charge in [-0.15, -0.1) is 0 Å². The Labute approximate surface area is 158 Å². The first kappa shape index (κ1) is 19.1. The molecule has 3 unspecified atom stereocenters. The van der Waals surface area contributed by atoms with Crippen molar-refractivity contribution in [1.82, 2.24) is 5.32 Å². The lowest BCUT2D eigenvalue weighted by Crippen LogP contribution is -2.35. The van der Waals surface area contributed by atoms with Gasteiger partial charge in [0.05, 0.1) is 12.0 Å². The van der Waals surface area contributed by atoms with E-state index in [1.165, 1.54) is 26.0 Å². The number of nitro groups is 1. The number of carbonyl (C=O) groups excluding carboxylic acids is 2. The number of carbonyl (C=O) groups is 2. The predicted molar refractivity (Wildman–Crippen MR) is 99.7 cm³/mol. The van der Waals surface area contributed by atoms with Gasteiger partial charge in [-0.05, 0) is 36.8 Å². The molecule has 0 aromatic heterocycles. The third-order valence-corrected chi connectivity index (χ3v) is 5.76. The molecule has 2 aliphatic rings. The Morgan fingerprint density at radius 1 is 1.33 bits per heavy atom. The van der Waals surface area contributed by atoms with E-state index in [9.17, 15) is 19.7 Å². The molecule has 1 aliphatic heterocycles. The van der Waals surface area contributed by atoms with Crippen molar-refractivity contribution < 1.29 is 19.2 Å². The summed E-state index contributed by atoms with van der Waals surface area (Å²) in [7, 11) is 1.23. The van der Waals surface area contributed by atoms with Crippen molar-refractivity contribution in [2.24, 2.45) is 11.8 Å². The molecule has 27 heavy (non-hydrogen) atoms. The number of amides is 1. The number of anilines is 1. The summed E-state index contributed by atoms with van der Waals surface area (Å²) in [5, 5.41) is 14.1. The highest BCUT2D eigenvalue weighted by atomic mass is 16.6. The molecule has 1 saturated carbocycles. The minimum atomic E-state index is -0.580. The molecule has 0 spiro atoms. The second-order valence-corrected chi connectivity index (χ2v) is 7.36. The molecule has 1 heterocycles. The number of methoxy groups -OCH3 is 1. The number of esters is 1. The molecule has 1 saturated heterocycles. The third kappa shape index (κ3) is 3.89. The quantitative estimate of drug-likeness (QED) is 0.482. The monoisotopic (exact) mass is 375 g/mol. The molecule has 8 nitrogen and oxygen atoms in total. The zero-order valence-corrected chi connectivity index (χ0v) is 15.6. The Bertz CT molecular complexity index is 751. The Balaban J connectivity index is 1.85. The van der Waals surface area contributed by atoms with Crippen LogP contribution in [0.2, 0.25) is 0 Å². The number of nitro benzene ring substituents is 1. The largest absolute Gasteiger partial charge is 0.468 e. The molecule has 1 N–H and O–H groups in total. The van der Waals surface area contributed by atoms with Gasteiger partial charge in [0.2, 0.25) is 0 Å². The summed E-state index contributed by atoms with van der Waals surface area (Å²) < 4.78 is 4.48. The van der Waals surface area contributed by atoms with Gasteiger partial charge in [-0.2, -0.15) is 0 Å². The highest BCUT2D eigenvalue weighted by Crippen LogP contribution is 2.44. The second-order valence-electron chi connectivity index (χ2n) is 7.36. The molecule has 0 radical (unpaired) electrons. The molecular formula is C19H25N3O5. The van der Waals surface area contributed by atoms with E-state index in [4.69, 9.17) is 0 Å². The number of nitrogens with zero attached hydrogens (tertiary/aromatic N) is 2. The summed E-state index contributed by atoms with van der Waals surface area (Å²) in [6.45, 7) is 2.73. The zero-order chi connectivity index (χ0) is 19.6. The maximum atomic E-state index is 12.2. The molecule has 146 valence electrons. The lowest BCUT2D eigenvalue weighted by molar-refractivity contribution is -0.384. The number of ether oxygens (including phenoxy) is 1. The topological polar surface area (TPSA) is 102 Å². The third-order valence-electron chi connectivity index (χ3n) is 5.76. The van der Waals surface area contributed by atoms with Crippen LogP contribution in [-0.4, -0.2) is 43.0 Å². The molecule has 1 aromatic carbocycles. The molecule has 1 aliphatic carbocycles. The summed E-state index contributed by atoms with van der Waals surface area (Å²) >= 11 is 0. The lowest BCUT2D eigenvalue weighted by atomic mass is 9.80. The van der Waals surface area contributed by atoms with E-state index < -0.39 is 16.8 Å². The molecule has 8 heteroatoms. The van der Waals surface area contributed by atoms with Gasteiger partial charge in [0.15, 0.2) is 0 Å². The average molecular weight is 375 g/mol. The maximum absolute atomic E-state index is 12.2. The summed E-state index contributed by atoms with van der Waals surface area (Å²) in [5.41, 5.74) is 0.659. The first-order valence-electron chi connectivity index (χ1n) is 9.32. The van der Waals surface area contributed by atoms with Gasteiger partial charge in [0.1, 0.15) is 12.2 Å². The van der Waals surface area contributed by atoms with Crippen LogP contribution in [0.4, 0.5) is 11.4 Å². The van der Waals surface area contributed by atoms with Crippen molar-refractivity contribution in [2.45, 2.75) is 38.6 Å². The van der Waals surface area contributed by atoms with Crippen LogP contribution in [0.5, 0.6) is 0 Å². The van der Waals surface area contributed by atoms with Crippen molar-refractivity contribution in [1.29, 1.82) is 0 Å². The van der Waals surface area contributed by atoms with Crippen LogP contribution in [0.25, 0.3) is 0 Å². The smallest absolute Gasteiger partial charge is 0.325 e. The molecule has 3 atom stereocenters. The number of rotatable bonds is 5. The van der Waals surface area contributed by atoms with Gasteiger partial charge in [-0.1, -0.05) is 19.8 Å². The summed E-state index contributed by atoms with van der Waals surface area (Å²) in [6.07, 6.45) is 4.59. The Morgan fingerprint density at radius 2 is 2.07 bits per heavy atom. The molecule has 1 amide bonds. The van der Waals surface area contributed by atoms with Gasteiger partial charge >= 0.3 is 5.97 Å². The van der Waals surface area contributed by atoms with Crippen LogP contribution >= 0.6 is 0 Å². The van der Waals surface area contributed by atoms with Crippen molar-refractivity contribution in [3.8, 4) is 0 Å². The van der Waals surface area contributed by atoms with E-state index in [2.05, 4.69) is 21.9 Å². The lowest BCUT2D eigenvalue weighted by Gasteiger charge is -2.33. The van der Waals surface area contributed by atoms with Crippen LogP contribution < -0.4 is 10.2 Å². The number of fused-ring (bicyclic) bond motifs is 1. The SMILES string of the molecule is COC(=O)CNC(=O)c1ccc(N2CC(C)C3CCCCC32)c([N+](=O)[O-])c1. The molecule has 3 rings (SSSR count). The van der Waals surface area contributed by atoms with Crippen molar-refractivity contribution in [3.05, 3.63) is 33.9 Å². The van der Waals surface area contributed by atoms with Crippen LogP contribution in [0, 0.1) is 22.0 Å². The van der Waals surface area contributed by atoms with Gasteiger partial charge < -0.3 is 15.0 Å². The van der Waals surface area contributed by atoms with E-state index in [1.54, 1.807) is 12.1 Å². The van der Waals surface area contributed by atoms with E-state index in [1.807, 2.05) is 0 Å². The van der Waals surface area contributed by atoms with Gasteiger partial charge in [-0.25, -0.2) is 0 Å². The summed E-state index contributed by atoms with van der Waals surface area (Å²) in [5.74, 6) is -0.0523. The van der Waals surface area contributed by atoms with Gasteiger partial charge in [0, 0.05) is 24.2 Å². The Kier molecular flexibility index (Phi) is 5.62. The molecule has 1 aromatic rings. The fourth-order valence-corrected chi connectivity index (χ4v) is 4.43. The molecular weight excluding hydrogens is 350 g/mol. The number of hydrogen-bond donors (Lipinski definition) is 1. The first-order chi connectivity index (χ1) is 12.9. The minimum Gasteiger partial charge on any atom is -0.468 e. The average Bonchev–Trinajstić information content (AvgIpc) is 3.02. The van der Waals surface area contributed by atoms with Crippen molar-refractivity contribution >= 4 is 23.3 Å². The maximum Gasteiger partial charge on any atom is 0.325 e. The number of hydrogen-bond acceptors (Lipinski definition) is 6. The Morgan fingerprint density at radius 3 is 2.78 bits per heavy atom. The van der Waals surface area contributed by atoms with Gasteiger partial charge in [-0.3, -0.25) is 19.7 Å².